The van der Waals surface area contributed by atoms with Crippen molar-refractivity contribution in [2.24, 2.45) is 0 Å². The van der Waals surface area contributed by atoms with Gasteiger partial charge in [-0.25, -0.2) is 9.59 Å². The average molecular weight is 438 g/mol. The first-order valence-corrected chi connectivity index (χ1v) is 10.7. The molecule has 0 radical (unpaired) electrons. The molecule has 0 spiro atoms. The smallest absolute Gasteiger partial charge is 0.407 e. The second kappa shape index (κ2) is 10.3. The van der Waals surface area contributed by atoms with Crippen LogP contribution in [-0.4, -0.2) is 47.8 Å². The minimum absolute atomic E-state index is 0.116. The van der Waals surface area contributed by atoms with Gasteiger partial charge in [0.05, 0.1) is 6.10 Å². The molecule has 2 aliphatic rings. The number of carbonyl (C=O) groups excluding carboxylic acids is 3. The third-order valence-corrected chi connectivity index (χ3v) is 5.56. The lowest BCUT2D eigenvalue weighted by molar-refractivity contribution is -0.154. The summed E-state index contributed by atoms with van der Waals surface area (Å²) in [5.41, 5.74) is 1.76. The molecule has 32 heavy (non-hydrogen) atoms. The van der Waals surface area contributed by atoms with E-state index >= 15 is 0 Å². The molecular weight excluding hydrogens is 412 g/mol. The van der Waals surface area contributed by atoms with E-state index < -0.39 is 30.4 Å². The third-order valence-electron chi connectivity index (χ3n) is 5.56. The molecule has 2 aromatic carbocycles. The van der Waals surface area contributed by atoms with Gasteiger partial charge in [-0.1, -0.05) is 60.7 Å². The molecule has 4 rings (SSSR count). The van der Waals surface area contributed by atoms with Gasteiger partial charge in [0.2, 0.25) is 5.91 Å². The van der Waals surface area contributed by atoms with Gasteiger partial charge in [-0.2, -0.15) is 0 Å². The Morgan fingerprint density at radius 1 is 0.969 bits per heavy atom. The molecule has 0 unspecified atom stereocenters. The Labute approximate surface area is 186 Å². The zero-order valence-corrected chi connectivity index (χ0v) is 17.6. The van der Waals surface area contributed by atoms with Crippen LogP contribution in [0.3, 0.4) is 0 Å². The maximum atomic E-state index is 12.9. The molecule has 168 valence electrons. The summed E-state index contributed by atoms with van der Waals surface area (Å²) in [6.45, 7) is 0.542. The molecule has 2 heterocycles. The van der Waals surface area contributed by atoms with Crippen molar-refractivity contribution >= 4 is 18.0 Å². The SMILES string of the molecule is O=C(NCC[C@H]1O[C@H]2CCC(=O)N2[C@@H]1C(=O)OCc1ccccc1)OCc1ccccc1. The second-order valence-electron chi connectivity index (χ2n) is 7.78. The average Bonchev–Trinajstić information content (AvgIpc) is 3.36. The first-order chi connectivity index (χ1) is 15.6. The molecule has 0 aromatic heterocycles. The number of rotatable bonds is 8. The molecular formula is C24H26N2O6. The van der Waals surface area contributed by atoms with Crippen LogP contribution < -0.4 is 5.32 Å². The molecule has 2 amide bonds. The number of ether oxygens (including phenoxy) is 3. The Morgan fingerprint density at radius 2 is 1.59 bits per heavy atom. The highest BCUT2D eigenvalue weighted by atomic mass is 16.6. The van der Waals surface area contributed by atoms with Crippen molar-refractivity contribution in [3.05, 3.63) is 71.8 Å². The summed E-state index contributed by atoms with van der Waals surface area (Å²) >= 11 is 0. The predicted molar refractivity (Wildman–Crippen MR) is 114 cm³/mol. The van der Waals surface area contributed by atoms with E-state index in [9.17, 15) is 14.4 Å². The van der Waals surface area contributed by atoms with Gasteiger partial charge in [0.25, 0.3) is 0 Å². The molecule has 2 aromatic rings. The highest BCUT2D eigenvalue weighted by Crippen LogP contribution is 2.34. The van der Waals surface area contributed by atoms with Gasteiger partial charge in [0, 0.05) is 19.4 Å². The Kier molecular flexibility index (Phi) is 7.01. The number of benzene rings is 2. The molecule has 8 heteroatoms. The number of alkyl carbamates (subject to hydrolysis) is 1. The van der Waals surface area contributed by atoms with Crippen LogP contribution in [0.25, 0.3) is 0 Å². The summed E-state index contributed by atoms with van der Waals surface area (Å²) in [6.07, 6.45) is -0.277. The summed E-state index contributed by atoms with van der Waals surface area (Å²) < 4.78 is 16.7. The number of esters is 1. The van der Waals surface area contributed by atoms with Gasteiger partial charge < -0.3 is 24.4 Å². The van der Waals surface area contributed by atoms with E-state index in [-0.39, 0.29) is 25.7 Å². The Morgan fingerprint density at radius 3 is 2.25 bits per heavy atom. The van der Waals surface area contributed by atoms with Crippen LogP contribution >= 0.6 is 0 Å². The van der Waals surface area contributed by atoms with Crippen LogP contribution in [0.2, 0.25) is 0 Å². The van der Waals surface area contributed by atoms with Gasteiger partial charge >= 0.3 is 12.1 Å². The zero-order valence-electron chi connectivity index (χ0n) is 17.6. The van der Waals surface area contributed by atoms with E-state index in [1.807, 2.05) is 60.7 Å². The lowest BCUT2D eigenvalue weighted by atomic mass is 10.1. The van der Waals surface area contributed by atoms with Crippen molar-refractivity contribution in [1.29, 1.82) is 0 Å². The van der Waals surface area contributed by atoms with Gasteiger partial charge in [-0.3, -0.25) is 4.79 Å². The maximum absolute atomic E-state index is 12.9. The summed E-state index contributed by atoms with van der Waals surface area (Å²) in [4.78, 5) is 38.7. The first kappa shape index (κ1) is 21.8. The summed E-state index contributed by atoms with van der Waals surface area (Å²) in [7, 11) is 0. The lowest BCUT2D eigenvalue weighted by Gasteiger charge is -2.23. The topological polar surface area (TPSA) is 94.2 Å². The summed E-state index contributed by atoms with van der Waals surface area (Å²) in [6, 6.07) is 17.9. The minimum Gasteiger partial charge on any atom is -0.459 e. The highest BCUT2D eigenvalue weighted by molar-refractivity contribution is 5.87. The monoisotopic (exact) mass is 438 g/mol. The van der Waals surface area contributed by atoms with Crippen LogP contribution in [0, 0.1) is 0 Å². The molecule has 3 atom stereocenters. The summed E-state index contributed by atoms with van der Waals surface area (Å²) in [5, 5.41) is 2.68. The quantitative estimate of drug-likeness (QED) is 0.637. The molecule has 0 saturated carbocycles. The van der Waals surface area contributed by atoms with Crippen molar-refractivity contribution < 1.29 is 28.6 Å². The Bertz CT molecular complexity index is 936. The van der Waals surface area contributed by atoms with E-state index in [1.54, 1.807) is 0 Å². The van der Waals surface area contributed by atoms with E-state index in [2.05, 4.69) is 5.32 Å². The minimum atomic E-state index is -0.819. The van der Waals surface area contributed by atoms with Crippen molar-refractivity contribution in [1.82, 2.24) is 10.2 Å². The largest absolute Gasteiger partial charge is 0.459 e. The predicted octanol–water partition coefficient (Wildman–Crippen LogP) is 2.76. The number of amides is 2. The van der Waals surface area contributed by atoms with E-state index in [4.69, 9.17) is 14.2 Å². The van der Waals surface area contributed by atoms with Crippen LogP contribution in [0.1, 0.15) is 30.4 Å². The van der Waals surface area contributed by atoms with Crippen LogP contribution in [0.5, 0.6) is 0 Å². The summed E-state index contributed by atoms with van der Waals surface area (Å²) in [5.74, 6) is -0.613. The van der Waals surface area contributed by atoms with Crippen LogP contribution in [0.4, 0.5) is 4.79 Å². The normalized spacial score (nSPS) is 21.8. The molecule has 2 aliphatic heterocycles. The van der Waals surface area contributed by atoms with E-state index in [0.29, 0.717) is 19.3 Å². The fraction of sp³-hybridized carbons (Fsp3) is 0.375. The fourth-order valence-electron chi connectivity index (χ4n) is 3.99. The zero-order chi connectivity index (χ0) is 22.3. The molecule has 2 saturated heterocycles. The number of fused-ring (bicyclic) bond motifs is 1. The van der Waals surface area contributed by atoms with Crippen LogP contribution in [0.15, 0.2) is 60.7 Å². The van der Waals surface area contributed by atoms with E-state index in [1.165, 1.54) is 4.90 Å². The second-order valence-corrected chi connectivity index (χ2v) is 7.78. The molecule has 0 bridgehead atoms. The van der Waals surface area contributed by atoms with Crippen molar-refractivity contribution in [2.45, 2.75) is 50.8 Å². The van der Waals surface area contributed by atoms with E-state index in [0.717, 1.165) is 11.1 Å². The van der Waals surface area contributed by atoms with Gasteiger partial charge in [-0.15, -0.1) is 0 Å². The number of nitrogens with zero attached hydrogens (tertiary/aromatic N) is 1. The molecule has 2 fully saturated rings. The number of nitrogens with one attached hydrogen (secondary N) is 1. The fourth-order valence-corrected chi connectivity index (χ4v) is 3.99. The number of hydrogen-bond acceptors (Lipinski definition) is 6. The highest BCUT2D eigenvalue weighted by Gasteiger charge is 2.51. The van der Waals surface area contributed by atoms with Gasteiger partial charge in [-0.05, 0) is 17.5 Å². The molecule has 1 N–H and O–H groups in total. The standard InChI is InChI=1S/C24H26N2O6/c27-20-11-12-21-26(20)22(23(28)30-15-17-7-3-1-4-8-17)19(32-21)13-14-25-24(29)31-16-18-9-5-2-6-10-18/h1-10,19,21-22H,11-16H2,(H,25,29)/t19-,21+,22+/m1/s1. The number of carbonyl (C=O) groups is 3. The Hall–Kier alpha value is -3.39. The van der Waals surface area contributed by atoms with Gasteiger partial charge in [0.1, 0.15) is 19.4 Å². The van der Waals surface area contributed by atoms with Crippen molar-refractivity contribution in [3.63, 3.8) is 0 Å². The molecule has 0 aliphatic carbocycles. The third kappa shape index (κ3) is 5.26. The number of hydrogen-bond donors (Lipinski definition) is 1. The van der Waals surface area contributed by atoms with Gasteiger partial charge in [0.15, 0.2) is 6.04 Å². The molecule has 8 nitrogen and oxygen atoms in total. The maximum Gasteiger partial charge on any atom is 0.407 e. The van der Waals surface area contributed by atoms with Crippen molar-refractivity contribution in [2.75, 3.05) is 6.54 Å². The Balaban J connectivity index is 1.29. The lowest BCUT2D eigenvalue weighted by Crippen LogP contribution is -2.46. The van der Waals surface area contributed by atoms with Crippen molar-refractivity contribution in [3.8, 4) is 0 Å². The van der Waals surface area contributed by atoms with Crippen LogP contribution in [-0.2, 0) is 37.0 Å². The first-order valence-electron chi connectivity index (χ1n) is 10.7.